The number of aryl methyl sites for hydroxylation is 1. The van der Waals surface area contributed by atoms with Crippen molar-refractivity contribution in [2.24, 2.45) is 5.41 Å². The third kappa shape index (κ3) is 7.30. The molecule has 1 aliphatic heterocycles. The Hall–Kier alpha value is -3.57. The summed E-state index contributed by atoms with van der Waals surface area (Å²) in [5.41, 5.74) is -1.96. The highest BCUT2D eigenvalue weighted by molar-refractivity contribution is 5.91. The number of rotatable bonds is 5. The molecule has 2 amide bonds. The quantitative estimate of drug-likeness (QED) is 0.539. The molecule has 3 atom stereocenters. The van der Waals surface area contributed by atoms with E-state index in [1.807, 2.05) is 0 Å². The van der Waals surface area contributed by atoms with Crippen LogP contribution in [0.1, 0.15) is 59.2 Å². The van der Waals surface area contributed by atoms with Gasteiger partial charge in [0.1, 0.15) is 35.2 Å². The Morgan fingerprint density at radius 1 is 1.10 bits per heavy atom. The Morgan fingerprint density at radius 3 is 2.28 bits per heavy atom. The van der Waals surface area contributed by atoms with Crippen molar-refractivity contribution in [2.75, 3.05) is 6.54 Å². The van der Waals surface area contributed by atoms with Crippen LogP contribution in [-0.2, 0) is 20.5 Å². The molecule has 12 heteroatoms. The summed E-state index contributed by atoms with van der Waals surface area (Å²) in [6, 6.07) is 3.03. The van der Waals surface area contributed by atoms with E-state index in [0.717, 1.165) is 16.5 Å². The molecule has 2 heterocycles. The minimum atomic E-state index is -4.73. The number of carboxylic acid groups (broad SMARTS) is 1. The summed E-state index contributed by atoms with van der Waals surface area (Å²) < 4.78 is 51.8. The molecule has 1 fully saturated rings. The summed E-state index contributed by atoms with van der Waals surface area (Å²) in [6.07, 6.45) is -6.66. The molecule has 39 heavy (non-hydrogen) atoms. The van der Waals surface area contributed by atoms with Crippen molar-refractivity contribution in [3.63, 3.8) is 0 Å². The normalized spacial score (nSPS) is 19.1. The van der Waals surface area contributed by atoms with E-state index in [-0.39, 0.29) is 24.2 Å². The SMILES string of the molecule is Cc1ccc2nc(C(F)(F)F)cc(O[C@@H]3CC(C(=O)O)N(C(=O)[C@@H](NC(=O)OC(C)(C)C)C(C)(C)C)C3)c2c1. The Bertz CT molecular complexity index is 1270. The van der Waals surface area contributed by atoms with E-state index in [4.69, 9.17) is 9.47 Å². The number of nitrogens with zero attached hydrogens (tertiary/aromatic N) is 2. The second-order valence-electron chi connectivity index (χ2n) is 11.8. The zero-order valence-electron chi connectivity index (χ0n) is 23.0. The van der Waals surface area contributed by atoms with Crippen molar-refractivity contribution >= 4 is 28.9 Å². The fourth-order valence-electron chi connectivity index (χ4n) is 4.33. The summed E-state index contributed by atoms with van der Waals surface area (Å²) in [5.74, 6) is -2.08. The smallest absolute Gasteiger partial charge is 0.433 e. The second kappa shape index (κ2) is 10.5. The van der Waals surface area contributed by atoms with Gasteiger partial charge in [0.15, 0.2) is 0 Å². The Kier molecular flexibility index (Phi) is 8.10. The van der Waals surface area contributed by atoms with E-state index in [1.54, 1.807) is 60.6 Å². The minimum Gasteiger partial charge on any atom is -0.488 e. The highest BCUT2D eigenvalue weighted by Gasteiger charge is 2.46. The van der Waals surface area contributed by atoms with Crippen LogP contribution in [0.5, 0.6) is 5.75 Å². The summed E-state index contributed by atoms with van der Waals surface area (Å²) in [4.78, 5) is 43.0. The van der Waals surface area contributed by atoms with Crippen molar-refractivity contribution in [2.45, 2.75) is 84.9 Å². The number of hydrogen-bond donors (Lipinski definition) is 2. The standard InChI is InChI=1S/C27H34F3N3O6/c1-14-8-9-17-16(10-14)19(12-20(31-17)27(28,29)30)38-15-11-18(23(35)36)33(13-15)22(34)21(25(2,3)4)32-24(37)39-26(5,6)7/h8-10,12,15,18,21H,11,13H2,1-7H3,(H,32,37)(H,35,36)/t15-,18?,21-/m1/s1. The van der Waals surface area contributed by atoms with Crippen LogP contribution in [0.15, 0.2) is 24.3 Å². The molecule has 0 spiro atoms. The zero-order valence-corrected chi connectivity index (χ0v) is 23.0. The average Bonchev–Trinajstić information content (AvgIpc) is 3.19. The highest BCUT2D eigenvalue weighted by Crippen LogP contribution is 2.36. The molecule has 214 valence electrons. The number of carbonyl (C=O) groups is 3. The van der Waals surface area contributed by atoms with Gasteiger partial charge in [0.25, 0.3) is 0 Å². The number of amides is 2. The number of alkyl halides is 3. The number of hydrogen-bond acceptors (Lipinski definition) is 6. The number of fused-ring (bicyclic) bond motifs is 1. The maximum atomic E-state index is 13.6. The maximum Gasteiger partial charge on any atom is 0.433 e. The number of alkyl carbamates (subject to hydrolysis) is 1. The van der Waals surface area contributed by atoms with E-state index in [1.165, 1.54) is 6.07 Å². The summed E-state index contributed by atoms with van der Waals surface area (Å²) in [5, 5.41) is 12.8. The molecule has 3 rings (SSSR count). The fourth-order valence-corrected chi connectivity index (χ4v) is 4.33. The summed E-state index contributed by atoms with van der Waals surface area (Å²) >= 11 is 0. The summed E-state index contributed by atoms with van der Waals surface area (Å²) in [7, 11) is 0. The number of pyridine rings is 1. The van der Waals surface area contributed by atoms with Crippen molar-refractivity contribution < 1.29 is 42.1 Å². The van der Waals surface area contributed by atoms with Gasteiger partial charge in [0.05, 0.1) is 12.1 Å². The van der Waals surface area contributed by atoms with Crippen LogP contribution < -0.4 is 10.1 Å². The fraction of sp³-hybridized carbons (Fsp3) is 0.556. The molecule has 2 N–H and O–H groups in total. The largest absolute Gasteiger partial charge is 0.488 e. The highest BCUT2D eigenvalue weighted by atomic mass is 19.4. The van der Waals surface area contributed by atoms with Crippen LogP contribution >= 0.6 is 0 Å². The number of nitrogens with one attached hydrogen (secondary N) is 1. The predicted octanol–water partition coefficient (Wildman–Crippen LogP) is 4.93. The summed E-state index contributed by atoms with van der Waals surface area (Å²) in [6.45, 7) is 11.7. The van der Waals surface area contributed by atoms with Gasteiger partial charge in [-0.2, -0.15) is 13.2 Å². The lowest BCUT2D eigenvalue weighted by atomic mass is 9.85. The van der Waals surface area contributed by atoms with E-state index in [2.05, 4.69) is 10.3 Å². The first kappa shape index (κ1) is 30.0. The Labute approximate surface area is 224 Å². The first-order valence-corrected chi connectivity index (χ1v) is 12.4. The Balaban J connectivity index is 1.93. The Morgan fingerprint density at radius 2 is 1.74 bits per heavy atom. The average molecular weight is 554 g/mol. The molecule has 1 aromatic heterocycles. The molecule has 1 aliphatic rings. The van der Waals surface area contributed by atoms with Crippen LogP contribution in [-0.4, -0.2) is 63.3 Å². The number of benzene rings is 1. The van der Waals surface area contributed by atoms with Crippen LogP contribution in [0.2, 0.25) is 0 Å². The van der Waals surface area contributed by atoms with E-state index in [9.17, 15) is 32.7 Å². The number of carbonyl (C=O) groups excluding carboxylic acids is 2. The molecule has 1 saturated heterocycles. The van der Waals surface area contributed by atoms with Crippen molar-refractivity contribution in [3.05, 3.63) is 35.5 Å². The van der Waals surface area contributed by atoms with Gasteiger partial charge in [0, 0.05) is 17.9 Å². The predicted molar refractivity (Wildman–Crippen MR) is 136 cm³/mol. The van der Waals surface area contributed by atoms with Gasteiger partial charge in [-0.05, 0) is 45.2 Å². The number of halogens is 3. The second-order valence-corrected chi connectivity index (χ2v) is 11.8. The van der Waals surface area contributed by atoms with Crippen molar-refractivity contribution in [3.8, 4) is 5.75 Å². The monoisotopic (exact) mass is 553 g/mol. The third-order valence-electron chi connectivity index (χ3n) is 6.12. The van der Waals surface area contributed by atoms with Crippen molar-refractivity contribution in [1.82, 2.24) is 15.2 Å². The molecule has 0 bridgehead atoms. The van der Waals surface area contributed by atoms with Gasteiger partial charge in [-0.25, -0.2) is 14.6 Å². The molecule has 0 saturated carbocycles. The molecule has 9 nitrogen and oxygen atoms in total. The topological polar surface area (TPSA) is 118 Å². The number of likely N-dealkylation sites (tertiary alicyclic amines) is 1. The van der Waals surface area contributed by atoms with Crippen LogP contribution in [0.25, 0.3) is 10.9 Å². The minimum absolute atomic E-state index is 0.0699. The van der Waals surface area contributed by atoms with Gasteiger partial charge < -0.3 is 24.8 Å². The molecule has 1 aromatic carbocycles. The third-order valence-corrected chi connectivity index (χ3v) is 6.12. The lowest BCUT2D eigenvalue weighted by molar-refractivity contribution is -0.150. The van der Waals surface area contributed by atoms with Gasteiger partial charge in [0.2, 0.25) is 5.91 Å². The molecule has 1 unspecified atom stereocenters. The first-order valence-electron chi connectivity index (χ1n) is 12.4. The van der Waals surface area contributed by atoms with Crippen molar-refractivity contribution in [1.29, 1.82) is 0 Å². The van der Waals surface area contributed by atoms with Gasteiger partial charge in [-0.3, -0.25) is 4.79 Å². The molecule has 0 aliphatic carbocycles. The first-order chi connectivity index (χ1) is 17.8. The number of aromatic nitrogens is 1. The van der Waals surface area contributed by atoms with E-state index in [0.29, 0.717) is 5.39 Å². The van der Waals surface area contributed by atoms with Gasteiger partial charge in [-0.1, -0.05) is 32.4 Å². The number of carboxylic acids is 1. The van der Waals surface area contributed by atoms with Crippen LogP contribution in [0.3, 0.4) is 0 Å². The van der Waals surface area contributed by atoms with Gasteiger partial charge >= 0.3 is 18.2 Å². The number of aliphatic carboxylic acids is 1. The maximum absolute atomic E-state index is 13.6. The van der Waals surface area contributed by atoms with Crippen LogP contribution in [0, 0.1) is 12.3 Å². The zero-order chi connectivity index (χ0) is 29.5. The molecule has 0 radical (unpaired) electrons. The lowest BCUT2D eigenvalue weighted by Crippen LogP contribution is -2.57. The van der Waals surface area contributed by atoms with E-state index >= 15 is 0 Å². The van der Waals surface area contributed by atoms with Crippen LogP contribution in [0.4, 0.5) is 18.0 Å². The van der Waals surface area contributed by atoms with E-state index < -0.39 is 59.0 Å². The number of ether oxygens (including phenoxy) is 2. The molecular weight excluding hydrogens is 519 g/mol. The van der Waals surface area contributed by atoms with Gasteiger partial charge in [-0.15, -0.1) is 0 Å². The molecular formula is C27H34F3N3O6. The molecule has 2 aromatic rings. The lowest BCUT2D eigenvalue weighted by Gasteiger charge is -2.35.